The molecule has 0 aromatic carbocycles. The maximum absolute atomic E-state index is 12.8. The fourth-order valence-corrected chi connectivity index (χ4v) is 5.85. The van der Waals surface area contributed by atoms with E-state index in [1.54, 1.807) is 0 Å². The Morgan fingerprint density at radius 3 is 2.59 bits per heavy atom. The van der Waals surface area contributed by atoms with Crippen molar-refractivity contribution in [1.29, 1.82) is 0 Å². The van der Waals surface area contributed by atoms with Crippen LogP contribution in [0.25, 0.3) is 0 Å². The van der Waals surface area contributed by atoms with Crippen molar-refractivity contribution in [2.24, 2.45) is 22.7 Å². The van der Waals surface area contributed by atoms with Crippen molar-refractivity contribution in [1.82, 2.24) is 0 Å². The number of ketones is 1. The normalized spacial score (nSPS) is 42.7. The van der Waals surface area contributed by atoms with E-state index in [1.807, 2.05) is 0 Å². The molecule has 0 aromatic rings. The molecular formula is C19H28O3. The van der Waals surface area contributed by atoms with Gasteiger partial charge in [0.25, 0.3) is 0 Å². The third-order valence-corrected chi connectivity index (χ3v) is 7.32. The highest BCUT2D eigenvalue weighted by atomic mass is 16.7. The molecule has 1 spiro atoms. The largest absolute Gasteiger partial charge is 0.347 e. The lowest BCUT2D eigenvalue weighted by Crippen LogP contribution is -2.58. The molecule has 2 saturated carbocycles. The molecule has 3 fully saturated rings. The summed E-state index contributed by atoms with van der Waals surface area (Å²) in [6, 6.07) is 0. The van der Waals surface area contributed by atoms with Crippen LogP contribution in [0.15, 0.2) is 11.6 Å². The molecule has 122 valence electrons. The quantitative estimate of drug-likeness (QED) is 0.637. The molecule has 0 radical (unpaired) electrons. The summed E-state index contributed by atoms with van der Waals surface area (Å²) < 4.78 is 12.2. The second kappa shape index (κ2) is 4.67. The monoisotopic (exact) mass is 304 g/mol. The predicted octanol–water partition coefficient (Wildman–Crippen LogP) is 3.87. The van der Waals surface area contributed by atoms with Crippen LogP contribution in [0, 0.1) is 22.7 Å². The molecular weight excluding hydrogens is 276 g/mol. The van der Waals surface area contributed by atoms with E-state index in [4.69, 9.17) is 9.47 Å². The third kappa shape index (κ3) is 1.67. The van der Waals surface area contributed by atoms with Crippen LogP contribution >= 0.6 is 0 Å². The molecule has 1 saturated heterocycles. The highest BCUT2D eigenvalue weighted by molar-refractivity contribution is 5.86. The van der Waals surface area contributed by atoms with Crippen molar-refractivity contribution in [3.8, 4) is 0 Å². The first-order chi connectivity index (χ1) is 10.4. The summed E-state index contributed by atoms with van der Waals surface area (Å²) >= 11 is 0. The molecule has 3 heteroatoms. The Hall–Kier alpha value is -0.670. The van der Waals surface area contributed by atoms with Gasteiger partial charge in [-0.05, 0) is 37.5 Å². The van der Waals surface area contributed by atoms with E-state index in [9.17, 15) is 4.79 Å². The minimum Gasteiger partial charge on any atom is -0.347 e. The molecule has 1 heterocycles. The first kappa shape index (κ1) is 14.9. The molecule has 3 nitrogen and oxygen atoms in total. The number of carbonyl (C=O) groups is 1. The number of rotatable bonds is 0. The maximum atomic E-state index is 12.8. The molecule has 0 N–H and O–H groups in total. The molecule has 0 unspecified atom stereocenters. The summed E-state index contributed by atoms with van der Waals surface area (Å²) in [6.45, 7) is 8.16. The molecule has 4 rings (SSSR count). The van der Waals surface area contributed by atoms with Crippen LogP contribution in [-0.4, -0.2) is 24.8 Å². The van der Waals surface area contributed by atoms with Gasteiger partial charge in [0.2, 0.25) is 0 Å². The Labute approximate surface area is 133 Å². The average Bonchev–Trinajstić information content (AvgIpc) is 2.95. The van der Waals surface area contributed by atoms with Gasteiger partial charge in [0.1, 0.15) is 5.78 Å². The fraction of sp³-hybridized carbons (Fsp3) is 0.842. The van der Waals surface area contributed by atoms with Gasteiger partial charge in [-0.15, -0.1) is 0 Å². The smallest absolute Gasteiger partial charge is 0.177 e. The minimum atomic E-state index is -0.462. The highest BCUT2D eigenvalue weighted by Gasteiger charge is 2.62. The van der Waals surface area contributed by atoms with Crippen molar-refractivity contribution in [3.05, 3.63) is 11.6 Å². The van der Waals surface area contributed by atoms with Gasteiger partial charge in [-0.1, -0.05) is 32.4 Å². The molecule has 3 aliphatic carbocycles. The fourth-order valence-electron chi connectivity index (χ4n) is 5.85. The molecule has 1 aliphatic heterocycles. The van der Waals surface area contributed by atoms with Gasteiger partial charge in [0.05, 0.1) is 13.2 Å². The van der Waals surface area contributed by atoms with Crippen LogP contribution in [0.2, 0.25) is 0 Å². The zero-order chi connectivity index (χ0) is 15.6. The highest BCUT2D eigenvalue weighted by Crippen LogP contribution is 2.63. The number of allylic oxidation sites excluding steroid dienone is 1. The number of Topliss-reactive ketones (excluding diaryl/α,β-unsaturated/α-hetero) is 1. The number of hydrogen-bond acceptors (Lipinski definition) is 3. The summed E-state index contributed by atoms with van der Waals surface area (Å²) in [5.74, 6) is 0.959. The average molecular weight is 304 g/mol. The second-order valence-corrected chi connectivity index (χ2v) is 8.36. The number of ether oxygens (including phenoxy) is 2. The van der Waals surface area contributed by atoms with Crippen LogP contribution in [0.1, 0.15) is 59.3 Å². The number of fused-ring (bicyclic) bond motifs is 3. The lowest BCUT2D eigenvalue weighted by Gasteiger charge is -2.58. The van der Waals surface area contributed by atoms with Crippen molar-refractivity contribution in [3.63, 3.8) is 0 Å². The Morgan fingerprint density at radius 1 is 1.14 bits per heavy atom. The first-order valence-corrected chi connectivity index (χ1v) is 8.93. The van der Waals surface area contributed by atoms with Gasteiger partial charge in [-0.25, -0.2) is 0 Å². The van der Waals surface area contributed by atoms with Gasteiger partial charge in [0, 0.05) is 23.7 Å². The van der Waals surface area contributed by atoms with Gasteiger partial charge >= 0.3 is 0 Å². The zero-order valence-electron chi connectivity index (χ0n) is 14.1. The molecule has 0 amide bonds. The van der Waals surface area contributed by atoms with Crippen molar-refractivity contribution in [2.75, 3.05) is 13.2 Å². The lowest BCUT2D eigenvalue weighted by atomic mass is 9.48. The van der Waals surface area contributed by atoms with Crippen LogP contribution in [0.4, 0.5) is 0 Å². The van der Waals surface area contributed by atoms with E-state index in [1.165, 1.54) is 12.0 Å². The van der Waals surface area contributed by atoms with Crippen LogP contribution in [0.5, 0.6) is 0 Å². The molecule has 3 atom stereocenters. The van der Waals surface area contributed by atoms with E-state index in [-0.39, 0.29) is 10.8 Å². The van der Waals surface area contributed by atoms with E-state index < -0.39 is 5.79 Å². The Balaban J connectivity index is 1.77. The van der Waals surface area contributed by atoms with E-state index >= 15 is 0 Å². The predicted molar refractivity (Wildman–Crippen MR) is 84.3 cm³/mol. The summed E-state index contributed by atoms with van der Waals surface area (Å²) in [5, 5.41) is 0. The Kier molecular flexibility index (Phi) is 3.16. The van der Waals surface area contributed by atoms with E-state index in [0.717, 1.165) is 32.1 Å². The Bertz CT molecular complexity index is 527. The third-order valence-electron chi connectivity index (χ3n) is 7.32. The van der Waals surface area contributed by atoms with Crippen molar-refractivity contribution < 1.29 is 14.3 Å². The molecule has 4 aliphatic rings. The molecule has 0 aromatic heterocycles. The van der Waals surface area contributed by atoms with Gasteiger partial charge < -0.3 is 9.47 Å². The van der Waals surface area contributed by atoms with Crippen LogP contribution in [-0.2, 0) is 14.3 Å². The van der Waals surface area contributed by atoms with Crippen molar-refractivity contribution >= 4 is 5.78 Å². The standard InChI is InChI=1S/C19H28O3/c1-17(2)14-8-7-13-5-4-6-16(20)18(13,3)15(14)9-10-19(17)21-11-12-22-19/h8,13,15H,4-7,9-12H2,1-3H3/t13-,15+,18-/m1/s1. The van der Waals surface area contributed by atoms with Gasteiger partial charge in [0.15, 0.2) is 5.79 Å². The summed E-state index contributed by atoms with van der Waals surface area (Å²) in [6.07, 6.45) is 8.48. The zero-order valence-corrected chi connectivity index (χ0v) is 14.1. The number of carbonyl (C=O) groups excluding carboxylic acids is 1. The SMILES string of the molecule is CC1(C)C2=CC[C@H]3CCCC(=O)[C@@]3(C)[C@H]2CCC12OCCO2. The van der Waals surface area contributed by atoms with Gasteiger partial charge in [-0.3, -0.25) is 4.79 Å². The molecule has 0 bridgehead atoms. The topological polar surface area (TPSA) is 35.5 Å². The minimum absolute atomic E-state index is 0.141. The maximum Gasteiger partial charge on any atom is 0.177 e. The summed E-state index contributed by atoms with van der Waals surface area (Å²) in [5.41, 5.74) is 1.13. The van der Waals surface area contributed by atoms with Crippen molar-refractivity contribution in [2.45, 2.75) is 65.1 Å². The second-order valence-electron chi connectivity index (χ2n) is 8.36. The van der Waals surface area contributed by atoms with Gasteiger partial charge in [-0.2, -0.15) is 0 Å². The lowest BCUT2D eigenvalue weighted by molar-refractivity contribution is -0.239. The molecule has 22 heavy (non-hydrogen) atoms. The summed E-state index contributed by atoms with van der Waals surface area (Å²) in [4.78, 5) is 12.8. The van der Waals surface area contributed by atoms with E-state index in [0.29, 0.717) is 30.8 Å². The van der Waals surface area contributed by atoms with Crippen LogP contribution < -0.4 is 0 Å². The number of hydrogen-bond donors (Lipinski definition) is 0. The Morgan fingerprint density at radius 2 is 1.86 bits per heavy atom. The summed E-state index contributed by atoms with van der Waals surface area (Å²) in [7, 11) is 0. The first-order valence-electron chi connectivity index (χ1n) is 8.93. The van der Waals surface area contributed by atoms with Crippen LogP contribution in [0.3, 0.4) is 0 Å². The van der Waals surface area contributed by atoms with E-state index in [2.05, 4.69) is 26.8 Å².